The van der Waals surface area contributed by atoms with Gasteiger partial charge in [-0.05, 0) is 36.8 Å². The Hall–Kier alpha value is -2.48. The minimum Gasteiger partial charge on any atom is -0.494 e. The highest BCUT2D eigenvalue weighted by molar-refractivity contribution is 7.90. The van der Waals surface area contributed by atoms with E-state index in [1.54, 1.807) is 6.07 Å². The van der Waals surface area contributed by atoms with Gasteiger partial charge < -0.3 is 5.11 Å². The summed E-state index contributed by atoms with van der Waals surface area (Å²) in [5.74, 6) is -0.642. The summed E-state index contributed by atoms with van der Waals surface area (Å²) in [5, 5.41) is 10.3. The van der Waals surface area contributed by atoms with Gasteiger partial charge in [0.05, 0.1) is 16.0 Å². The first-order valence-electron chi connectivity index (χ1n) is 6.85. The third kappa shape index (κ3) is 2.52. The fourth-order valence-electron chi connectivity index (χ4n) is 2.56. The quantitative estimate of drug-likeness (QED) is 0.758. The summed E-state index contributed by atoms with van der Waals surface area (Å²) in [4.78, 5) is -0.132. The molecule has 0 saturated carbocycles. The van der Waals surface area contributed by atoms with E-state index in [0.717, 1.165) is 18.2 Å². The number of aryl methyl sites for hydroxylation is 1. The number of hydrogen-bond donors (Lipinski definition) is 1. The third-order valence-electron chi connectivity index (χ3n) is 3.67. The van der Waals surface area contributed by atoms with E-state index < -0.39 is 27.6 Å². The van der Waals surface area contributed by atoms with Crippen LogP contribution in [-0.4, -0.2) is 17.5 Å². The minimum absolute atomic E-state index is 0.132. The molecule has 4 nitrogen and oxygen atoms in total. The molecule has 0 atom stereocenters. The number of aromatic hydroxyl groups is 1. The number of benzene rings is 2. The van der Waals surface area contributed by atoms with Crippen LogP contribution < -0.4 is 0 Å². The predicted octanol–water partition coefficient (Wildman–Crippen LogP) is 3.91. The van der Waals surface area contributed by atoms with Crippen LogP contribution in [0.15, 0.2) is 53.4 Å². The van der Waals surface area contributed by atoms with E-state index in [9.17, 15) is 26.7 Å². The topological polar surface area (TPSA) is 59.3 Å². The normalized spacial score (nSPS) is 12.7. The second-order valence-electron chi connectivity index (χ2n) is 5.31. The lowest BCUT2D eigenvalue weighted by molar-refractivity contribution is -0.137. The highest BCUT2D eigenvalue weighted by Crippen LogP contribution is 2.37. The molecule has 0 fully saturated rings. The highest BCUT2D eigenvalue weighted by Gasteiger charge is 2.33. The maximum atomic E-state index is 13.0. The van der Waals surface area contributed by atoms with Crippen LogP contribution in [0.4, 0.5) is 13.2 Å². The average Bonchev–Trinajstić information content (AvgIpc) is 2.84. The average molecular weight is 355 g/mol. The molecular weight excluding hydrogens is 343 g/mol. The number of aromatic nitrogens is 1. The van der Waals surface area contributed by atoms with Gasteiger partial charge in [-0.1, -0.05) is 18.2 Å². The van der Waals surface area contributed by atoms with Gasteiger partial charge in [-0.25, -0.2) is 12.4 Å². The standard InChI is InChI=1S/C16H12F3NO3S/c1-10-7-11(16(17,18)19)8-14-13(10)9-15(21)20(14)24(22,23)12-5-3-2-4-6-12/h2-9,21H,1H3. The van der Waals surface area contributed by atoms with E-state index in [1.165, 1.54) is 31.2 Å². The number of halogens is 3. The molecule has 0 bridgehead atoms. The summed E-state index contributed by atoms with van der Waals surface area (Å²) in [6.07, 6.45) is -4.62. The van der Waals surface area contributed by atoms with E-state index >= 15 is 0 Å². The molecule has 0 aliphatic carbocycles. The van der Waals surface area contributed by atoms with Crippen LogP contribution in [0.1, 0.15) is 11.1 Å². The Morgan fingerprint density at radius 2 is 1.67 bits per heavy atom. The van der Waals surface area contributed by atoms with Crippen LogP contribution in [0.3, 0.4) is 0 Å². The van der Waals surface area contributed by atoms with Crippen LogP contribution in [-0.2, 0) is 16.2 Å². The van der Waals surface area contributed by atoms with Crippen molar-refractivity contribution in [3.05, 3.63) is 59.7 Å². The molecule has 1 aromatic heterocycles. The molecule has 0 spiro atoms. The molecule has 126 valence electrons. The fraction of sp³-hybridized carbons (Fsp3) is 0.125. The van der Waals surface area contributed by atoms with Crippen molar-refractivity contribution in [3.63, 3.8) is 0 Å². The van der Waals surface area contributed by atoms with Crippen molar-refractivity contribution in [2.45, 2.75) is 18.0 Å². The molecule has 0 radical (unpaired) electrons. The van der Waals surface area contributed by atoms with Crippen molar-refractivity contribution in [1.82, 2.24) is 3.97 Å². The van der Waals surface area contributed by atoms with E-state index in [2.05, 4.69) is 0 Å². The van der Waals surface area contributed by atoms with Crippen LogP contribution in [0.2, 0.25) is 0 Å². The minimum atomic E-state index is -4.62. The molecule has 24 heavy (non-hydrogen) atoms. The van der Waals surface area contributed by atoms with Gasteiger partial charge in [-0.3, -0.25) is 0 Å². The Labute approximate surface area is 135 Å². The number of nitrogens with zero attached hydrogens (tertiary/aromatic N) is 1. The summed E-state index contributed by atoms with van der Waals surface area (Å²) >= 11 is 0. The Kier molecular flexibility index (Phi) is 3.60. The van der Waals surface area contributed by atoms with Gasteiger partial charge in [0.15, 0.2) is 0 Å². The first kappa shape index (κ1) is 16.4. The number of hydrogen-bond acceptors (Lipinski definition) is 3. The molecule has 0 aliphatic heterocycles. The second-order valence-corrected chi connectivity index (χ2v) is 7.10. The zero-order valence-corrected chi connectivity index (χ0v) is 13.2. The van der Waals surface area contributed by atoms with Crippen LogP contribution in [0.5, 0.6) is 5.88 Å². The first-order chi connectivity index (χ1) is 11.1. The van der Waals surface area contributed by atoms with Crippen molar-refractivity contribution in [2.24, 2.45) is 0 Å². The van der Waals surface area contributed by atoms with Gasteiger partial charge >= 0.3 is 6.18 Å². The maximum absolute atomic E-state index is 13.0. The zero-order chi connectivity index (χ0) is 17.7. The third-order valence-corrected chi connectivity index (χ3v) is 5.41. The van der Waals surface area contributed by atoms with Gasteiger partial charge in [0.1, 0.15) is 0 Å². The Morgan fingerprint density at radius 1 is 1.04 bits per heavy atom. The zero-order valence-electron chi connectivity index (χ0n) is 12.4. The van der Waals surface area contributed by atoms with Gasteiger partial charge in [0.2, 0.25) is 5.88 Å². The molecule has 0 unspecified atom stereocenters. The Balaban J connectivity index is 2.37. The molecule has 0 amide bonds. The van der Waals surface area contributed by atoms with Gasteiger partial charge in [0, 0.05) is 11.5 Å². The van der Waals surface area contributed by atoms with Crippen molar-refractivity contribution >= 4 is 20.9 Å². The van der Waals surface area contributed by atoms with Crippen LogP contribution in [0, 0.1) is 6.92 Å². The van der Waals surface area contributed by atoms with Crippen molar-refractivity contribution in [1.29, 1.82) is 0 Å². The van der Waals surface area contributed by atoms with Gasteiger partial charge in [-0.2, -0.15) is 13.2 Å². The van der Waals surface area contributed by atoms with E-state index in [1.807, 2.05) is 0 Å². The van der Waals surface area contributed by atoms with Crippen LogP contribution >= 0.6 is 0 Å². The van der Waals surface area contributed by atoms with Gasteiger partial charge in [-0.15, -0.1) is 0 Å². The summed E-state index contributed by atoms with van der Waals surface area (Å²) < 4.78 is 65.1. The maximum Gasteiger partial charge on any atom is 0.416 e. The number of rotatable bonds is 2. The largest absolute Gasteiger partial charge is 0.494 e. The summed E-state index contributed by atoms with van der Waals surface area (Å²) in [7, 11) is -4.23. The first-order valence-corrected chi connectivity index (χ1v) is 8.29. The smallest absolute Gasteiger partial charge is 0.416 e. The molecule has 1 heterocycles. The van der Waals surface area contributed by atoms with E-state index in [0.29, 0.717) is 3.97 Å². The van der Waals surface area contributed by atoms with Crippen molar-refractivity contribution in [3.8, 4) is 5.88 Å². The van der Waals surface area contributed by atoms with Crippen LogP contribution in [0.25, 0.3) is 10.9 Å². The Bertz CT molecular complexity index is 1020. The SMILES string of the molecule is Cc1cc(C(F)(F)F)cc2c1cc(O)n2S(=O)(=O)c1ccccc1. The Morgan fingerprint density at radius 3 is 2.25 bits per heavy atom. The number of alkyl halides is 3. The predicted molar refractivity (Wildman–Crippen MR) is 82.4 cm³/mol. The second kappa shape index (κ2) is 5.27. The summed E-state index contributed by atoms with van der Waals surface area (Å²) in [6.45, 7) is 1.43. The monoisotopic (exact) mass is 355 g/mol. The summed E-state index contributed by atoms with van der Waals surface area (Å²) in [5.41, 5.74) is -0.976. The van der Waals surface area contributed by atoms with Crippen molar-refractivity contribution in [2.75, 3.05) is 0 Å². The van der Waals surface area contributed by atoms with E-state index in [-0.39, 0.29) is 21.4 Å². The van der Waals surface area contributed by atoms with E-state index in [4.69, 9.17) is 0 Å². The van der Waals surface area contributed by atoms with Gasteiger partial charge in [0.25, 0.3) is 10.0 Å². The molecule has 1 N–H and O–H groups in total. The molecule has 8 heteroatoms. The molecule has 2 aromatic carbocycles. The lowest BCUT2D eigenvalue weighted by Crippen LogP contribution is -2.13. The molecular formula is C16H12F3NO3S. The molecule has 3 aromatic rings. The highest BCUT2D eigenvalue weighted by atomic mass is 32.2. The fourth-order valence-corrected chi connectivity index (χ4v) is 3.98. The molecule has 0 aliphatic rings. The molecule has 3 rings (SSSR count). The van der Waals surface area contributed by atoms with Crippen molar-refractivity contribution < 1.29 is 26.7 Å². The summed E-state index contributed by atoms with van der Waals surface area (Å²) in [6, 6.07) is 9.99. The molecule has 0 saturated heterocycles. The lowest BCUT2D eigenvalue weighted by Gasteiger charge is -2.12. The number of fused-ring (bicyclic) bond motifs is 1. The lowest BCUT2D eigenvalue weighted by atomic mass is 10.1.